The first-order valence-corrected chi connectivity index (χ1v) is 10.5. The van der Waals surface area contributed by atoms with E-state index in [1.807, 2.05) is 13.0 Å². The molecule has 2 heterocycles. The Bertz CT molecular complexity index is 847. The zero-order valence-corrected chi connectivity index (χ0v) is 16.8. The number of benzene rings is 1. The van der Waals surface area contributed by atoms with Gasteiger partial charge in [0.25, 0.3) is 0 Å². The summed E-state index contributed by atoms with van der Waals surface area (Å²) in [5.74, 6) is -0.688. The molecular formula is C20H22ClF2N3S. The van der Waals surface area contributed by atoms with Gasteiger partial charge in [0, 0.05) is 18.5 Å². The average molecular weight is 410 g/mol. The highest BCUT2D eigenvalue weighted by molar-refractivity contribution is 8.00. The van der Waals surface area contributed by atoms with E-state index in [4.69, 9.17) is 11.6 Å². The van der Waals surface area contributed by atoms with Crippen LogP contribution in [0.25, 0.3) is 0 Å². The molecule has 1 aromatic carbocycles. The summed E-state index contributed by atoms with van der Waals surface area (Å²) in [6, 6.07) is 6.39. The molecule has 0 amide bonds. The van der Waals surface area contributed by atoms with Crippen LogP contribution in [0.3, 0.4) is 0 Å². The first-order chi connectivity index (χ1) is 13.0. The largest absolute Gasteiger partial charge is 0.369 e. The number of aromatic nitrogens is 1. The molecule has 1 aliphatic heterocycles. The maximum absolute atomic E-state index is 14.9. The fraction of sp³-hybridized carbons (Fsp3) is 0.450. The SMILES string of the molecule is Cc1cc(N2CC3(CCCCC3)C2)c(Cl)c(F)c1SNc1cccc(F)n1. The third kappa shape index (κ3) is 3.74. The lowest BCUT2D eigenvalue weighted by Crippen LogP contribution is -2.57. The molecule has 1 N–H and O–H groups in total. The lowest BCUT2D eigenvalue weighted by Gasteiger charge is -2.54. The van der Waals surface area contributed by atoms with Gasteiger partial charge in [-0.2, -0.15) is 4.39 Å². The minimum Gasteiger partial charge on any atom is -0.369 e. The van der Waals surface area contributed by atoms with Gasteiger partial charge in [-0.1, -0.05) is 36.9 Å². The third-order valence-electron chi connectivity index (χ3n) is 5.61. The number of hydrogen-bond acceptors (Lipinski definition) is 4. The molecule has 2 fully saturated rings. The van der Waals surface area contributed by atoms with Crippen LogP contribution in [0.4, 0.5) is 20.3 Å². The highest BCUT2D eigenvalue weighted by Gasteiger charge is 2.44. The van der Waals surface area contributed by atoms with Gasteiger partial charge in [-0.25, -0.2) is 9.37 Å². The fourth-order valence-corrected chi connectivity index (χ4v) is 5.25. The van der Waals surface area contributed by atoms with Crippen molar-refractivity contribution in [2.75, 3.05) is 22.7 Å². The van der Waals surface area contributed by atoms with E-state index < -0.39 is 11.8 Å². The van der Waals surface area contributed by atoms with Gasteiger partial charge in [0.15, 0.2) is 5.82 Å². The second-order valence-corrected chi connectivity index (χ2v) is 8.83. The minimum atomic E-state index is -0.583. The first kappa shape index (κ1) is 18.8. The predicted molar refractivity (Wildman–Crippen MR) is 108 cm³/mol. The Kier molecular flexibility index (Phi) is 5.21. The van der Waals surface area contributed by atoms with Crippen LogP contribution >= 0.6 is 23.5 Å². The van der Waals surface area contributed by atoms with Crippen LogP contribution in [0.5, 0.6) is 0 Å². The summed E-state index contributed by atoms with van der Waals surface area (Å²) < 4.78 is 31.0. The van der Waals surface area contributed by atoms with E-state index >= 15 is 0 Å². The van der Waals surface area contributed by atoms with Gasteiger partial charge in [0.2, 0.25) is 5.95 Å². The minimum absolute atomic E-state index is 0.155. The molecule has 2 aromatic rings. The number of aryl methyl sites for hydroxylation is 1. The number of rotatable bonds is 4. The molecule has 1 saturated carbocycles. The van der Waals surface area contributed by atoms with Gasteiger partial charge in [-0.3, -0.25) is 0 Å². The van der Waals surface area contributed by atoms with Crippen molar-refractivity contribution < 1.29 is 8.78 Å². The van der Waals surface area contributed by atoms with E-state index in [0.717, 1.165) is 36.3 Å². The average Bonchev–Trinajstić information content (AvgIpc) is 2.63. The van der Waals surface area contributed by atoms with E-state index in [0.29, 0.717) is 16.1 Å². The van der Waals surface area contributed by atoms with Gasteiger partial charge in [0.1, 0.15) is 10.8 Å². The smallest absolute Gasteiger partial charge is 0.214 e. The highest BCUT2D eigenvalue weighted by Crippen LogP contribution is 2.48. The maximum Gasteiger partial charge on any atom is 0.214 e. The van der Waals surface area contributed by atoms with Crippen LogP contribution < -0.4 is 9.62 Å². The number of anilines is 2. The standard InChI is InChI=1S/C20H22ClF2N3S/c1-13-10-14(26-11-20(12-26)8-3-2-4-9-20)17(21)18(23)19(13)27-25-16-7-5-6-15(22)24-16/h5-7,10H,2-4,8-9,11-12H2,1H3,(H,24,25). The van der Waals surface area contributed by atoms with Crippen LogP contribution in [0.2, 0.25) is 5.02 Å². The summed E-state index contributed by atoms with van der Waals surface area (Å²) in [6.07, 6.45) is 6.45. The molecule has 1 saturated heterocycles. The molecule has 144 valence electrons. The van der Waals surface area contributed by atoms with Crippen molar-refractivity contribution in [1.29, 1.82) is 0 Å². The monoisotopic (exact) mass is 409 g/mol. The number of nitrogens with zero attached hydrogens (tertiary/aromatic N) is 2. The molecule has 1 aromatic heterocycles. The molecular weight excluding hydrogens is 388 g/mol. The van der Waals surface area contributed by atoms with Gasteiger partial charge in [-0.05, 0) is 55.5 Å². The quantitative estimate of drug-likeness (QED) is 0.480. The van der Waals surface area contributed by atoms with Crippen molar-refractivity contribution in [3.05, 3.63) is 46.6 Å². The van der Waals surface area contributed by atoms with Crippen LogP contribution in [-0.2, 0) is 0 Å². The number of halogens is 3. The summed E-state index contributed by atoms with van der Waals surface area (Å²) in [7, 11) is 0. The normalized spacial score (nSPS) is 18.4. The number of pyridine rings is 1. The molecule has 0 bridgehead atoms. The zero-order valence-electron chi connectivity index (χ0n) is 15.2. The van der Waals surface area contributed by atoms with Gasteiger partial charge < -0.3 is 9.62 Å². The lowest BCUT2D eigenvalue weighted by molar-refractivity contribution is 0.139. The maximum atomic E-state index is 14.9. The summed E-state index contributed by atoms with van der Waals surface area (Å²) in [4.78, 5) is 6.32. The molecule has 1 aliphatic carbocycles. The summed E-state index contributed by atoms with van der Waals surface area (Å²) in [5, 5.41) is 0.155. The second kappa shape index (κ2) is 7.47. The zero-order chi connectivity index (χ0) is 19.0. The predicted octanol–water partition coefficient (Wildman–Crippen LogP) is 6.21. The van der Waals surface area contributed by atoms with Crippen molar-refractivity contribution >= 4 is 35.1 Å². The molecule has 1 spiro atoms. The Morgan fingerprint density at radius 3 is 2.63 bits per heavy atom. The van der Waals surface area contributed by atoms with E-state index in [-0.39, 0.29) is 5.02 Å². The molecule has 2 aliphatic rings. The Labute approximate surface area is 167 Å². The lowest BCUT2D eigenvalue weighted by atomic mass is 9.68. The highest BCUT2D eigenvalue weighted by atomic mass is 35.5. The van der Waals surface area contributed by atoms with E-state index in [9.17, 15) is 8.78 Å². The molecule has 0 atom stereocenters. The van der Waals surface area contributed by atoms with Crippen LogP contribution in [-0.4, -0.2) is 18.1 Å². The second-order valence-electron chi connectivity index (χ2n) is 7.64. The van der Waals surface area contributed by atoms with Crippen molar-refractivity contribution in [3.63, 3.8) is 0 Å². The topological polar surface area (TPSA) is 28.2 Å². The van der Waals surface area contributed by atoms with E-state index in [1.165, 1.54) is 38.2 Å². The number of nitrogens with one attached hydrogen (secondary N) is 1. The Morgan fingerprint density at radius 2 is 1.93 bits per heavy atom. The molecule has 3 nitrogen and oxygen atoms in total. The van der Waals surface area contributed by atoms with E-state index in [1.54, 1.807) is 12.1 Å². The molecule has 0 radical (unpaired) electrons. The summed E-state index contributed by atoms with van der Waals surface area (Å²) >= 11 is 7.44. The summed E-state index contributed by atoms with van der Waals surface area (Å²) in [5.41, 5.74) is 1.98. The first-order valence-electron chi connectivity index (χ1n) is 9.26. The van der Waals surface area contributed by atoms with Crippen molar-refractivity contribution in [2.45, 2.75) is 43.9 Å². The van der Waals surface area contributed by atoms with Gasteiger partial charge in [0.05, 0.1) is 10.6 Å². The third-order valence-corrected chi connectivity index (χ3v) is 6.98. The van der Waals surface area contributed by atoms with Crippen molar-refractivity contribution in [2.24, 2.45) is 5.41 Å². The number of hydrogen-bond donors (Lipinski definition) is 1. The van der Waals surface area contributed by atoms with Crippen LogP contribution in [0, 0.1) is 24.1 Å². The van der Waals surface area contributed by atoms with E-state index in [2.05, 4.69) is 14.6 Å². The summed E-state index contributed by atoms with van der Waals surface area (Å²) in [6.45, 7) is 3.79. The Balaban J connectivity index is 1.50. The molecule has 0 unspecified atom stereocenters. The Morgan fingerprint density at radius 1 is 1.19 bits per heavy atom. The molecule has 7 heteroatoms. The van der Waals surface area contributed by atoms with Crippen LogP contribution in [0.1, 0.15) is 37.7 Å². The van der Waals surface area contributed by atoms with Crippen molar-refractivity contribution in [1.82, 2.24) is 4.98 Å². The Hall–Kier alpha value is -1.53. The molecule has 27 heavy (non-hydrogen) atoms. The van der Waals surface area contributed by atoms with Crippen molar-refractivity contribution in [3.8, 4) is 0 Å². The van der Waals surface area contributed by atoms with Gasteiger partial charge >= 0.3 is 0 Å². The van der Waals surface area contributed by atoms with Gasteiger partial charge in [-0.15, -0.1) is 0 Å². The molecule has 4 rings (SSSR count). The van der Waals surface area contributed by atoms with Crippen LogP contribution in [0.15, 0.2) is 29.2 Å². The fourth-order valence-electron chi connectivity index (χ4n) is 4.19.